The van der Waals surface area contributed by atoms with Crippen LogP contribution >= 0.6 is 0 Å². The van der Waals surface area contributed by atoms with Crippen LogP contribution in [-0.4, -0.2) is 13.4 Å². The third kappa shape index (κ3) is 4.04. The predicted octanol–water partition coefficient (Wildman–Crippen LogP) is 2.51. The number of pyridine rings is 1. The van der Waals surface area contributed by atoms with Crippen molar-refractivity contribution in [3.63, 3.8) is 0 Å². The van der Waals surface area contributed by atoms with E-state index >= 15 is 0 Å². The Morgan fingerprint density at radius 3 is 2.38 bits per heavy atom. The molecule has 0 atom stereocenters. The van der Waals surface area contributed by atoms with Crippen LogP contribution in [0.25, 0.3) is 0 Å². The molecular formula is C15H15N3O2S. The van der Waals surface area contributed by atoms with Crippen molar-refractivity contribution in [3.05, 3.63) is 58.9 Å². The fourth-order valence-corrected chi connectivity index (χ4v) is 3.15. The van der Waals surface area contributed by atoms with Gasteiger partial charge < -0.3 is 0 Å². The third-order valence-corrected chi connectivity index (χ3v) is 4.17. The zero-order chi connectivity index (χ0) is 15.5. The number of hydrogen-bond acceptors (Lipinski definition) is 4. The lowest BCUT2D eigenvalue weighted by atomic mass is 10.2. The Morgan fingerprint density at radius 2 is 1.81 bits per heavy atom. The highest BCUT2D eigenvalue weighted by molar-refractivity contribution is 7.91. The summed E-state index contributed by atoms with van der Waals surface area (Å²) in [5.74, 6) is -0.147. The number of hydrogen-bond donors (Lipinski definition) is 1. The fraction of sp³-hybridized carbons (Fsp3) is 0.200. The van der Waals surface area contributed by atoms with Crippen molar-refractivity contribution in [2.45, 2.75) is 19.6 Å². The molecule has 1 heterocycles. The molecule has 108 valence electrons. The maximum absolute atomic E-state index is 12.2. The second-order valence-electron chi connectivity index (χ2n) is 4.76. The largest absolute Gasteiger partial charge is 0.281 e. The molecule has 1 aromatic heterocycles. The molecule has 0 fully saturated rings. The van der Waals surface area contributed by atoms with Gasteiger partial charge in [-0.3, -0.25) is 9.71 Å². The molecule has 0 spiro atoms. The molecule has 0 aliphatic heterocycles. The van der Waals surface area contributed by atoms with Crippen LogP contribution in [0.2, 0.25) is 0 Å². The molecule has 0 unspecified atom stereocenters. The van der Waals surface area contributed by atoms with E-state index in [4.69, 9.17) is 5.26 Å². The molecular weight excluding hydrogens is 286 g/mol. The number of nitrogens with zero attached hydrogens (tertiary/aromatic N) is 2. The third-order valence-electron chi connectivity index (χ3n) is 2.93. The number of rotatable bonds is 4. The summed E-state index contributed by atoms with van der Waals surface area (Å²) in [6, 6.07) is 11.9. The van der Waals surface area contributed by atoms with Gasteiger partial charge in [-0.05, 0) is 43.7 Å². The topological polar surface area (TPSA) is 82.9 Å². The van der Waals surface area contributed by atoms with Crippen LogP contribution in [0, 0.1) is 25.2 Å². The van der Waals surface area contributed by atoms with E-state index in [1.54, 1.807) is 43.3 Å². The first-order chi connectivity index (χ1) is 9.89. The van der Waals surface area contributed by atoms with Crippen molar-refractivity contribution in [2.24, 2.45) is 0 Å². The highest BCUT2D eigenvalue weighted by atomic mass is 32.2. The first-order valence-corrected chi connectivity index (χ1v) is 7.98. The summed E-state index contributed by atoms with van der Waals surface area (Å²) in [4.78, 5) is 4.22. The SMILES string of the molecule is Cc1ccc(NS(=O)(=O)Cc2ccc(C#N)cc2)c(C)n1. The van der Waals surface area contributed by atoms with E-state index in [1.807, 2.05) is 13.0 Å². The van der Waals surface area contributed by atoms with Gasteiger partial charge in [0.1, 0.15) is 0 Å². The van der Waals surface area contributed by atoms with Crippen molar-refractivity contribution in [1.29, 1.82) is 5.26 Å². The normalized spacial score (nSPS) is 10.9. The van der Waals surface area contributed by atoms with Crippen molar-refractivity contribution in [3.8, 4) is 6.07 Å². The smallest absolute Gasteiger partial charge is 0.236 e. The Hall–Kier alpha value is -2.39. The van der Waals surface area contributed by atoms with Gasteiger partial charge in [0.05, 0.1) is 28.8 Å². The zero-order valence-electron chi connectivity index (χ0n) is 11.8. The van der Waals surface area contributed by atoms with Gasteiger partial charge in [0.15, 0.2) is 0 Å². The Balaban J connectivity index is 2.16. The van der Waals surface area contributed by atoms with Gasteiger partial charge in [-0.2, -0.15) is 5.26 Å². The van der Waals surface area contributed by atoms with E-state index in [0.717, 1.165) is 5.69 Å². The lowest BCUT2D eigenvalue weighted by Gasteiger charge is -2.10. The summed E-state index contributed by atoms with van der Waals surface area (Å²) >= 11 is 0. The van der Waals surface area contributed by atoms with Gasteiger partial charge in [-0.25, -0.2) is 8.42 Å². The number of benzene rings is 1. The van der Waals surface area contributed by atoms with Crippen LogP contribution in [0.5, 0.6) is 0 Å². The minimum Gasteiger partial charge on any atom is -0.281 e. The number of nitrogens with one attached hydrogen (secondary N) is 1. The lowest BCUT2D eigenvalue weighted by molar-refractivity contribution is 0.600. The van der Waals surface area contributed by atoms with Crippen molar-refractivity contribution >= 4 is 15.7 Å². The van der Waals surface area contributed by atoms with Crippen molar-refractivity contribution in [2.75, 3.05) is 4.72 Å². The summed E-state index contributed by atoms with van der Waals surface area (Å²) in [5, 5.41) is 8.72. The first kappa shape index (κ1) is 15.0. The van der Waals surface area contributed by atoms with Crippen LogP contribution in [0.1, 0.15) is 22.5 Å². The monoisotopic (exact) mass is 301 g/mol. The maximum atomic E-state index is 12.2. The van der Waals surface area contributed by atoms with Gasteiger partial charge in [0, 0.05) is 5.69 Å². The number of nitriles is 1. The highest BCUT2D eigenvalue weighted by Crippen LogP contribution is 2.16. The summed E-state index contributed by atoms with van der Waals surface area (Å²) in [6.45, 7) is 3.61. The quantitative estimate of drug-likeness (QED) is 0.940. The Kier molecular flexibility index (Phi) is 4.24. The summed E-state index contributed by atoms with van der Waals surface area (Å²) in [5.41, 5.74) is 3.08. The predicted molar refractivity (Wildman–Crippen MR) is 81.1 cm³/mol. The second-order valence-corrected chi connectivity index (χ2v) is 6.48. The minimum atomic E-state index is -3.52. The number of sulfonamides is 1. The molecule has 2 rings (SSSR count). The molecule has 5 nitrogen and oxygen atoms in total. The summed E-state index contributed by atoms with van der Waals surface area (Å²) < 4.78 is 26.8. The number of aryl methyl sites for hydroxylation is 2. The molecule has 0 aliphatic rings. The molecule has 2 aromatic rings. The molecule has 1 N–H and O–H groups in total. The van der Waals surface area contributed by atoms with E-state index in [1.165, 1.54) is 0 Å². The average molecular weight is 301 g/mol. The Bertz CT molecular complexity index is 791. The molecule has 0 saturated carbocycles. The molecule has 1 aromatic carbocycles. The van der Waals surface area contributed by atoms with Gasteiger partial charge in [0.25, 0.3) is 0 Å². The number of anilines is 1. The van der Waals surface area contributed by atoms with E-state index < -0.39 is 10.0 Å². The fourth-order valence-electron chi connectivity index (χ4n) is 1.89. The van der Waals surface area contributed by atoms with E-state index in [2.05, 4.69) is 9.71 Å². The molecule has 21 heavy (non-hydrogen) atoms. The van der Waals surface area contributed by atoms with E-state index in [9.17, 15) is 8.42 Å². The standard InChI is InChI=1S/C15H15N3O2S/c1-11-3-8-15(12(2)17-11)18-21(19,20)10-14-6-4-13(9-16)5-7-14/h3-8,18H,10H2,1-2H3. The Labute approximate surface area is 124 Å². The van der Waals surface area contributed by atoms with Crippen molar-refractivity contribution in [1.82, 2.24) is 4.98 Å². The lowest BCUT2D eigenvalue weighted by Crippen LogP contribution is -2.16. The zero-order valence-corrected chi connectivity index (χ0v) is 12.6. The molecule has 0 aliphatic carbocycles. The number of aromatic nitrogens is 1. The van der Waals surface area contributed by atoms with Crippen LogP contribution in [-0.2, 0) is 15.8 Å². The van der Waals surface area contributed by atoms with Gasteiger partial charge >= 0.3 is 0 Å². The first-order valence-electron chi connectivity index (χ1n) is 6.33. The van der Waals surface area contributed by atoms with Gasteiger partial charge in [0.2, 0.25) is 10.0 Å². The molecule has 0 amide bonds. The van der Waals surface area contributed by atoms with E-state index in [-0.39, 0.29) is 5.75 Å². The van der Waals surface area contributed by atoms with E-state index in [0.29, 0.717) is 22.5 Å². The minimum absolute atomic E-state index is 0.147. The molecule has 0 saturated heterocycles. The molecule has 0 bridgehead atoms. The van der Waals surface area contributed by atoms with Crippen LogP contribution in [0.15, 0.2) is 36.4 Å². The average Bonchev–Trinajstić information content (AvgIpc) is 2.42. The molecule has 6 heteroatoms. The highest BCUT2D eigenvalue weighted by Gasteiger charge is 2.13. The van der Waals surface area contributed by atoms with Gasteiger partial charge in [-0.15, -0.1) is 0 Å². The van der Waals surface area contributed by atoms with Crippen LogP contribution in [0.3, 0.4) is 0 Å². The second kappa shape index (κ2) is 5.94. The van der Waals surface area contributed by atoms with Crippen molar-refractivity contribution < 1.29 is 8.42 Å². The molecule has 0 radical (unpaired) electrons. The summed E-state index contributed by atoms with van der Waals surface area (Å²) in [6.07, 6.45) is 0. The van der Waals surface area contributed by atoms with Gasteiger partial charge in [-0.1, -0.05) is 12.1 Å². The van der Waals surface area contributed by atoms with Crippen LogP contribution in [0.4, 0.5) is 5.69 Å². The summed E-state index contributed by atoms with van der Waals surface area (Å²) in [7, 11) is -3.52. The van der Waals surface area contributed by atoms with Crippen LogP contribution < -0.4 is 4.72 Å². The maximum Gasteiger partial charge on any atom is 0.236 e. The Morgan fingerprint density at radius 1 is 1.14 bits per heavy atom.